The Morgan fingerprint density at radius 3 is 2.27 bits per heavy atom. The summed E-state index contributed by atoms with van der Waals surface area (Å²) in [6.07, 6.45) is 4.20. The first-order valence-corrected chi connectivity index (χ1v) is 4.77. The molecule has 11 heavy (non-hydrogen) atoms. The summed E-state index contributed by atoms with van der Waals surface area (Å²) in [5.74, 6) is 0.801. The summed E-state index contributed by atoms with van der Waals surface area (Å²) in [4.78, 5) is 0. The number of hydrogen-bond acceptors (Lipinski definition) is 1. The van der Waals surface area contributed by atoms with E-state index in [0.29, 0.717) is 6.10 Å². The van der Waals surface area contributed by atoms with Gasteiger partial charge in [0.2, 0.25) is 0 Å². The van der Waals surface area contributed by atoms with E-state index in [0.717, 1.165) is 5.92 Å². The van der Waals surface area contributed by atoms with Gasteiger partial charge >= 0.3 is 0 Å². The van der Waals surface area contributed by atoms with Crippen LogP contribution in [-0.4, -0.2) is 11.7 Å². The maximum atomic E-state index is 5.90. The predicted octanol–water partition coefficient (Wildman–Crippen LogP) is 2.99. The van der Waals surface area contributed by atoms with Crippen molar-refractivity contribution >= 4 is 0 Å². The van der Waals surface area contributed by atoms with E-state index >= 15 is 0 Å². The van der Waals surface area contributed by atoms with Crippen molar-refractivity contribution in [2.45, 2.75) is 58.7 Å². The molecule has 1 fully saturated rings. The average Bonchev–Trinajstić information content (AvgIpc) is 2.25. The molecule has 0 aromatic heterocycles. The summed E-state index contributed by atoms with van der Waals surface area (Å²) >= 11 is 0. The Bertz CT molecular complexity index is 115. The zero-order chi connectivity index (χ0) is 8.48. The van der Waals surface area contributed by atoms with Crippen LogP contribution >= 0.6 is 0 Å². The van der Waals surface area contributed by atoms with E-state index in [1.807, 2.05) is 0 Å². The molecule has 2 atom stereocenters. The molecule has 0 aromatic carbocycles. The third-order valence-electron chi connectivity index (χ3n) is 2.68. The zero-order valence-electron chi connectivity index (χ0n) is 8.18. The molecule has 1 saturated heterocycles. The molecular weight excluding hydrogens is 136 g/mol. The largest absolute Gasteiger partial charge is 0.372 e. The highest BCUT2D eigenvalue weighted by molar-refractivity contribution is 4.86. The highest BCUT2D eigenvalue weighted by Gasteiger charge is 2.37. The van der Waals surface area contributed by atoms with Crippen LogP contribution in [0.25, 0.3) is 0 Å². The molecule has 0 unspecified atom stereocenters. The minimum atomic E-state index is 0.140. The van der Waals surface area contributed by atoms with Gasteiger partial charge < -0.3 is 4.74 Å². The molecule has 1 heterocycles. The first-order chi connectivity index (χ1) is 5.09. The van der Waals surface area contributed by atoms with Gasteiger partial charge in [0.15, 0.2) is 0 Å². The molecule has 1 heteroatoms. The second kappa shape index (κ2) is 3.14. The van der Waals surface area contributed by atoms with Crippen LogP contribution in [0.2, 0.25) is 0 Å². The Labute approximate surface area is 70.1 Å². The van der Waals surface area contributed by atoms with Crippen molar-refractivity contribution in [2.24, 2.45) is 5.92 Å². The third kappa shape index (κ3) is 1.96. The Balaban J connectivity index is 2.55. The molecule has 1 aliphatic heterocycles. The fourth-order valence-corrected chi connectivity index (χ4v) is 2.14. The first kappa shape index (κ1) is 9.05. The SMILES string of the molecule is CC[C@@H]1CC(C)(C)O[C@@H]1CC. The second-order valence-electron chi connectivity index (χ2n) is 4.20. The van der Waals surface area contributed by atoms with E-state index < -0.39 is 0 Å². The van der Waals surface area contributed by atoms with Crippen molar-refractivity contribution in [3.63, 3.8) is 0 Å². The molecule has 1 nitrogen and oxygen atoms in total. The highest BCUT2D eigenvalue weighted by atomic mass is 16.5. The Hall–Kier alpha value is -0.0400. The quantitative estimate of drug-likeness (QED) is 0.597. The Morgan fingerprint density at radius 2 is 1.91 bits per heavy atom. The smallest absolute Gasteiger partial charge is 0.0634 e. The zero-order valence-corrected chi connectivity index (χ0v) is 8.18. The second-order valence-corrected chi connectivity index (χ2v) is 4.20. The topological polar surface area (TPSA) is 9.23 Å². The monoisotopic (exact) mass is 156 g/mol. The summed E-state index contributed by atoms with van der Waals surface area (Å²) < 4.78 is 5.90. The van der Waals surface area contributed by atoms with Gasteiger partial charge in [-0.15, -0.1) is 0 Å². The normalized spacial score (nSPS) is 36.0. The highest BCUT2D eigenvalue weighted by Crippen LogP contribution is 2.37. The van der Waals surface area contributed by atoms with Crippen LogP contribution in [0.3, 0.4) is 0 Å². The lowest BCUT2D eigenvalue weighted by molar-refractivity contribution is -0.0222. The van der Waals surface area contributed by atoms with Crippen molar-refractivity contribution in [1.29, 1.82) is 0 Å². The molecule has 0 amide bonds. The van der Waals surface area contributed by atoms with Gasteiger partial charge in [0, 0.05) is 0 Å². The molecular formula is C10H20O. The minimum absolute atomic E-state index is 0.140. The molecule has 0 radical (unpaired) electrons. The molecule has 0 bridgehead atoms. The van der Waals surface area contributed by atoms with Crippen LogP contribution in [0.1, 0.15) is 47.0 Å². The van der Waals surface area contributed by atoms with Crippen LogP contribution < -0.4 is 0 Å². The molecule has 0 aromatic rings. The van der Waals surface area contributed by atoms with Crippen LogP contribution in [0.4, 0.5) is 0 Å². The predicted molar refractivity (Wildman–Crippen MR) is 47.6 cm³/mol. The van der Waals surface area contributed by atoms with Gasteiger partial charge in [-0.1, -0.05) is 20.3 Å². The lowest BCUT2D eigenvalue weighted by atomic mass is 9.91. The van der Waals surface area contributed by atoms with Crippen molar-refractivity contribution < 1.29 is 4.74 Å². The molecule has 1 rings (SSSR count). The lowest BCUT2D eigenvalue weighted by Gasteiger charge is -2.18. The lowest BCUT2D eigenvalue weighted by Crippen LogP contribution is -2.19. The summed E-state index contributed by atoms with van der Waals surface area (Å²) in [6, 6.07) is 0. The van der Waals surface area contributed by atoms with Gasteiger partial charge in [0.1, 0.15) is 0 Å². The summed E-state index contributed by atoms with van der Waals surface area (Å²) in [7, 11) is 0. The molecule has 1 aliphatic rings. The standard InChI is InChI=1S/C10H20O/c1-5-8-7-10(3,4)11-9(8)6-2/h8-9H,5-7H2,1-4H3/t8-,9-/m1/s1. The van der Waals surface area contributed by atoms with Crippen LogP contribution in [0, 0.1) is 5.92 Å². The van der Waals surface area contributed by atoms with Gasteiger partial charge in [-0.25, -0.2) is 0 Å². The maximum Gasteiger partial charge on any atom is 0.0634 e. The minimum Gasteiger partial charge on any atom is -0.372 e. The van der Waals surface area contributed by atoms with Gasteiger partial charge in [-0.05, 0) is 32.6 Å². The van der Waals surface area contributed by atoms with E-state index in [1.165, 1.54) is 19.3 Å². The fourth-order valence-electron chi connectivity index (χ4n) is 2.14. The van der Waals surface area contributed by atoms with Crippen LogP contribution in [0.5, 0.6) is 0 Å². The average molecular weight is 156 g/mol. The number of rotatable bonds is 2. The van der Waals surface area contributed by atoms with E-state index in [1.54, 1.807) is 0 Å². The molecule has 0 spiro atoms. The summed E-state index contributed by atoms with van der Waals surface area (Å²) in [6.45, 7) is 8.88. The van der Waals surface area contributed by atoms with Gasteiger partial charge in [-0.2, -0.15) is 0 Å². The van der Waals surface area contributed by atoms with Gasteiger partial charge in [0.05, 0.1) is 11.7 Å². The molecule has 0 saturated carbocycles. The van der Waals surface area contributed by atoms with Crippen LogP contribution in [0.15, 0.2) is 0 Å². The van der Waals surface area contributed by atoms with Crippen molar-refractivity contribution in [2.75, 3.05) is 0 Å². The van der Waals surface area contributed by atoms with E-state index in [4.69, 9.17) is 4.74 Å². The summed E-state index contributed by atoms with van der Waals surface area (Å²) in [5.41, 5.74) is 0.140. The number of ether oxygens (including phenoxy) is 1. The van der Waals surface area contributed by atoms with Crippen molar-refractivity contribution in [3.8, 4) is 0 Å². The van der Waals surface area contributed by atoms with E-state index in [-0.39, 0.29) is 5.60 Å². The maximum absolute atomic E-state index is 5.90. The van der Waals surface area contributed by atoms with Gasteiger partial charge in [-0.3, -0.25) is 0 Å². The van der Waals surface area contributed by atoms with Crippen molar-refractivity contribution in [1.82, 2.24) is 0 Å². The Kier molecular flexibility index (Phi) is 2.58. The molecule has 0 aliphatic carbocycles. The van der Waals surface area contributed by atoms with E-state index in [2.05, 4.69) is 27.7 Å². The molecule has 0 N–H and O–H groups in total. The van der Waals surface area contributed by atoms with E-state index in [9.17, 15) is 0 Å². The van der Waals surface area contributed by atoms with Crippen LogP contribution in [-0.2, 0) is 4.74 Å². The first-order valence-electron chi connectivity index (χ1n) is 4.77. The molecule has 66 valence electrons. The van der Waals surface area contributed by atoms with Gasteiger partial charge in [0.25, 0.3) is 0 Å². The number of hydrogen-bond donors (Lipinski definition) is 0. The summed E-state index contributed by atoms with van der Waals surface area (Å²) in [5, 5.41) is 0. The van der Waals surface area contributed by atoms with Crippen molar-refractivity contribution in [3.05, 3.63) is 0 Å². The fraction of sp³-hybridized carbons (Fsp3) is 1.00. The third-order valence-corrected chi connectivity index (χ3v) is 2.68. The Morgan fingerprint density at radius 1 is 1.27 bits per heavy atom.